The van der Waals surface area contributed by atoms with Crippen LogP contribution in [0.5, 0.6) is 0 Å². The third kappa shape index (κ3) is 4.15. The van der Waals surface area contributed by atoms with Crippen LogP contribution >= 0.6 is 11.6 Å². The van der Waals surface area contributed by atoms with E-state index in [4.69, 9.17) is 11.6 Å². The van der Waals surface area contributed by atoms with Gasteiger partial charge in [0.1, 0.15) is 5.82 Å². The van der Waals surface area contributed by atoms with Gasteiger partial charge in [-0.15, -0.1) is 0 Å². The molecule has 0 aliphatic heterocycles. The summed E-state index contributed by atoms with van der Waals surface area (Å²) in [5, 5.41) is 0.540. The zero-order valence-electron chi connectivity index (χ0n) is 17.3. The van der Waals surface area contributed by atoms with E-state index in [1.807, 2.05) is 0 Å². The van der Waals surface area contributed by atoms with E-state index in [9.17, 15) is 22.8 Å². The lowest BCUT2D eigenvalue weighted by Gasteiger charge is -2.17. The summed E-state index contributed by atoms with van der Waals surface area (Å²) in [5.41, 5.74) is 0.936. The Hall–Kier alpha value is -3.14. The molecule has 1 aromatic carbocycles. The number of hydrogen-bond donors (Lipinski definition) is 0. The van der Waals surface area contributed by atoms with Crippen LogP contribution in [0.2, 0.25) is 5.02 Å². The Labute approximate surface area is 190 Å². The normalized spacial score (nSPS) is 14.4. The van der Waals surface area contributed by atoms with E-state index >= 15 is 0 Å². The van der Waals surface area contributed by atoms with Crippen molar-refractivity contribution in [3.05, 3.63) is 68.3 Å². The third-order valence-electron chi connectivity index (χ3n) is 5.84. The summed E-state index contributed by atoms with van der Waals surface area (Å²) < 4.78 is 43.2. The monoisotopic (exact) mass is 477 g/mol. The van der Waals surface area contributed by atoms with Crippen LogP contribution in [0.15, 0.2) is 46.2 Å². The molecule has 3 heterocycles. The Morgan fingerprint density at radius 2 is 1.85 bits per heavy atom. The van der Waals surface area contributed by atoms with Crippen LogP contribution < -0.4 is 11.2 Å². The van der Waals surface area contributed by atoms with E-state index < -0.39 is 18.2 Å². The van der Waals surface area contributed by atoms with Crippen molar-refractivity contribution in [1.82, 2.24) is 23.7 Å². The number of halogens is 4. The number of aromatic nitrogens is 5. The summed E-state index contributed by atoms with van der Waals surface area (Å²) in [6, 6.07) is 6.49. The summed E-state index contributed by atoms with van der Waals surface area (Å²) in [5.74, 6) is 0.206. The van der Waals surface area contributed by atoms with Crippen molar-refractivity contribution in [2.75, 3.05) is 0 Å². The smallest absolute Gasteiger partial charge is 0.327 e. The van der Waals surface area contributed by atoms with Crippen LogP contribution in [0.4, 0.5) is 13.2 Å². The molecule has 33 heavy (non-hydrogen) atoms. The van der Waals surface area contributed by atoms with Gasteiger partial charge < -0.3 is 4.57 Å². The van der Waals surface area contributed by atoms with Gasteiger partial charge in [-0.2, -0.15) is 18.2 Å². The maximum absolute atomic E-state index is 13.2. The average molecular weight is 478 g/mol. The number of pyridine rings is 1. The van der Waals surface area contributed by atoms with E-state index in [1.54, 1.807) is 39.7 Å². The molecule has 0 amide bonds. The van der Waals surface area contributed by atoms with Gasteiger partial charge in [-0.05, 0) is 43.5 Å². The highest BCUT2D eigenvalue weighted by atomic mass is 35.5. The first-order valence-corrected chi connectivity index (χ1v) is 10.9. The molecule has 172 valence electrons. The maximum atomic E-state index is 13.2. The number of imidazole rings is 1. The fourth-order valence-corrected chi connectivity index (χ4v) is 4.38. The minimum atomic E-state index is -4.30. The third-order valence-corrected chi connectivity index (χ3v) is 6.08. The summed E-state index contributed by atoms with van der Waals surface area (Å²) >= 11 is 6.02. The molecule has 1 fully saturated rings. The SMILES string of the molecule is O=c1nc(Cn2c(=O)n(C3CC3)c3ccncc32)n(CCCC(F)(F)F)c2ccc(Cl)cc12. The van der Waals surface area contributed by atoms with E-state index in [1.165, 1.54) is 10.6 Å². The van der Waals surface area contributed by atoms with Gasteiger partial charge >= 0.3 is 11.9 Å². The summed E-state index contributed by atoms with van der Waals surface area (Å²) in [7, 11) is 0. The molecular weight excluding hydrogens is 459 g/mol. The quantitative estimate of drug-likeness (QED) is 0.415. The Morgan fingerprint density at radius 1 is 1.06 bits per heavy atom. The summed E-state index contributed by atoms with van der Waals surface area (Å²) in [4.78, 5) is 34.2. The Balaban J connectivity index is 1.65. The lowest BCUT2D eigenvalue weighted by molar-refractivity contribution is -0.135. The van der Waals surface area contributed by atoms with Crippen LogP contribution in [0, 0.1) is 0 Å². The van der Waals surface area contributed by atoms with Gasteiger partial charge in [0.2, 0.25) is 0 Å². The van der Waals surface area contributed by atoms with Gasteiger partial charge in [-0.3, -0.25) is 18.9 Å². The number of rotatable bonds is 6. The molecule has 0 bridgehead atoms. The molecule has 1 aliphatic carbocycles. The highest BCUT2D eigenvalue weighted by molar-refractivity contribution is 6.31. The van der Waals surface area contributed by atoms with Gasteiger partial charge in [-0.1, -0.05) is 11.6 Å². The van der Waals surface area contributed by atoms with Crippen LogP contribution in [0.1, 0.15) is 37.5 Å². The zero-order valence-corrected chi connectivity index (χ0v) is 18.1. The first kappa shape index (κ1) is 21.7. The van der Waals surface area contributed by atoms with Crippen LogP contribution in [0.3, 0.4) is 0 Å². The standard InChI is InChI=1S/C22H19ClF3N5O2/c23-13-2-5-16-15(10-13)20(32)28-19(29(16)9-1-7-22(24,25)26)12-30-18-11-27-8-6-17(18)31(21(30)33)14-3-4-14/h2,5-6,8,10-11,14H,1,3-4,7,9,12H2. The van der Waals surface area contributed by atoms with Crippen LogP contribution in [-0.2, 0) is 13.1 Å². The molecule has 0 unspecified atom stereocenters. The minimum absolute atomic E-state index is 0.0193. The topological polar surface area (TPSA) is 74.7 Å². The molecule has 3 aromatic heterocycles. The zero-order chi connectivity index (χ0) is 23.3. The Morgan fingerprint density at radius 3 is 2.58 bits per heavy atom. The molecule has 11 heteroatoms. The van der Waals surface area contributed by atoms with Crippen LogP contribution in [0.25, 0.3) is 21.9 Å². The van der Waals surface area contributed by atoms with Crippen molar-refractivity contribution in [1.29, 1.82) is 0 Å². The fourth-order valence-electron chi connectivity index (χ4n) is 4.21. The van der Waals surface area contributed by atoms with Gasteiger partial charge in [0.05, 0.1) is 34.7 Å². The number of hydrogen-bond acceptors (Lipinski definition) is 4. The predicted molar refractivity (Wildman–Crippen MR) is 118 cm³/mol. The van der Waals surface area contributed by atoms with Gasteiger partial charge in [-0.25, -0.2) is 4.79 Å². The van der Waals surface area contributed by atoms with Crippen molar-refractivity contribution in [3.8, 4) is 0 Å². The van der Waals surface area contributed by atoms with Crippen molar-refractivity contribution in [3.63, 3.8) is 0 Å². The second-order valence-electron chi connectivity index (χ2n) is 8.20. The molecule has 1 saturated carbocycles. The predicted octanol–water partition coefficient (Wildman–Crippen LogP) is 4.29. The van der Waals surface area contributed by atoms with Gasteiger partial charge in [0.15, 0.2) is 0 Å². The number of nitrogens with zero attached hydrogens (tertiary/aromatic N) is 5. The molecule has 4 aromatic rings. The first-order chi connectivity index (χ1) is 15.7. The minimum Gasteiger partial charge on any atom is -0.327 e. The molecule has 5 rings (SSSR count). The first-order valence-electron chi connectivity index (χ1n) is 10.5. The van der Waals surface area contributed by atoms with Crippen molar-refractivity contribution >= 4 is 33.5 Å². The molecule has 0 spiro atoms. The van der Waals surface area contributed by atoms with E-state index in [2.05, 4.69) is 9.97 Å². The van der Waals surface area contributed by atoms with Crippen LogP contribution in [-0.4, -0.2) is 29.8 Å². The molecule has 7 nitrogen and oxygen atoms in total. The molecule has 0 atom stereocenters. The van der Waals surface area contributed by atoms with Gasteiger partial charge in [0.25, 0.3) is 5.56 Å². The summed E-state index contributed by atoms with van der Waals surface area (Å²) in [6.45, 7) is -0.0882. The largest absolute Gasteiger partial charge is 0.389 e. The molecule has 0 saturated heterocycles. The van der Waals surface area contributed by atoms with Gasteiger partial charge in [0, 0.05) is 30.2 Å². The Bertz CT molecular complexity index is 1480. The second kappa shape index (κ2) is 8.02. The molecular formula is C22H19ClF3N5O2. The van der Waals surface area contributed by atoms with Crippen molar-refractivity contribution in [2.45, 2.75) is 51.0 Å². The summed E-state index contributed by atoms with van der Waals surface area (Å²) in [6.07, 6.45) is -0.487. The maximum Gasteiger partial charge on any atom is 0.389 e. The van der Waals surface area contributed by atoms with E-state index in [0.717, 1.165) is 18.4 Å². The number of aryl methyl sites for hydroxylation is 1. The second-order valence-corrected chi connectivity index (χ2v) is 8.64. The number of benzene rings is 1. The lowest BCUT2D eigenvalue weighted by atomic mass is 10.2. The Kier molecular flexibility index (Phi) is 5.27. The lowest BCUT2D eigenvalue weighted by Crippen LogP contribution is -2.28. The number of fused-ring (bicyclic) bond motifs is 2. The molecule has 1 aliphatic rings. The van der Waals surface area contributed by atoms with Crippen molar-refractivity contribution in [2.24, 2.45) is 0 Å². The molecule has 0 radical (unpaired) electrons. The molecule has 0 N–H and O–H groups in total. The highest BCUT2D eigenvalue weighted by Crippen LogP contribution is 2.36. The average Bonchev–Trinajstić information content (AvgIpc) is 3.55. The number of alkyl halides is 3. The highest BCUT2D eigenvalue weighted by Gasteiger charge is 2.30. The van der Waals surface area contributed by atoms with E-state index in [-0.39, 0.29) is 42.5 Å². The van der Waals surface area contributed by atoms with Crippen molar-refractivity contribution < 1.29 is 13.2 Å². The van der Waals surface area contributed by atoms with E-state index in [0.29, 0.717) is 16.1 Å². The fraction of sp³-hybridized carbons (Fsp3) is 0.364.